The van der Waals surface area contributed by atoms with E-state index in [0.717, 1.165) is 30.6 Å². The third-order valence-electron chi connectivity index (χ3n) is 2.86. The first kappa shape index (κ1) is 9.42. The lowest BCUT2D eigenvalue weighted by atomic mass is 9.99. The number of nitrogens with one attached hydrogen (secondary N) is 2. The van der Waals surface area contributed by atoms with Crippen LogP contribution in [-0.4, -0.2) is 18.1 Å². The largest absolute Gasteiger partial charge is 0.417 e. The van der Waals surface area contributed by atoms with Crippen LogP contribution in [0.25, 0.3) is 16.7 Å². The molecule has 0 saturated heterocycles. The predicted octanol–water partition coefficient (Wildman–Crippen LogP) is 1.50. The fraction of sp³-hybridized carbons (Fsp3) is 0.250. The van der Waals surface area contributed by atoms with E-state index in [4.69, 9.17) is 4.42 Å². The lowest BCUT2D eigenvalue weighted by molar-refractivity contribution is 0.554. The molecule has 2 heterocycles. The number of para-hydroxylation sites is 1. The SMILES string of the molecule is O=c1[nH]c2cccc(C3=CCNCC3)c2o1. The summed E-state index contributed by atoms with van der Waals surface area (Å²) >= 11 is 0. The van der Waals surface area contributed by atoms with Crippen LogP contribution in [0, 0.1) is 0 Å². The molecular formula is C12H12N2O2. The van der Waals surface area contributed by atoms with E-state index >= 15 is 0 Å². The van der Waals surface area contributed by atoms with Gasteiger partial charge in [-0.25, -0.2) is 4.79 Å². The molecular weight excluding hydrogens is 204 g/mol. The minimum atomic E-state index is -0.392. The lowest BCUT2D eigenvalue weighted by Gasteiger charge is -2.13. The molecule has 0 spiro atoms. The molecule has 2 aromatic rings. The van der Waals surface area contributed by atoms with Crippen LogP contribution in [0.5, 0.6) is 0 Å². The molecule has 0 radical (unpaired) electrons. The molecule has 82 valence electrons. The van der Waals surface area contributed by atoms with Gasteiger partial charge in [-0.2, -0.15) is 0 Å². The van der Waals surface area contributed by atoms with Crippen LogP contribution in [0.2, 0.25) is 0 Å². The molecule has 0 atom stereocenters. The summed E-state index contributed by atoms with van der Waals surface area (Å²) in [5.74, 6) is -0.392. The van der Waals surface area contributed by atoms with Crippen molar-refractivity contribution >= 4 is 16.7 Å². The Balaban J connectivity index is 2.22. The minimum Gasteiger partial charge on any atom is -0.407 e. The number of H-pyrrole nitrogens is 1. The topological polar surface area (TPSA) is 58.0 Å². The molecule has 1 aliphatic heterocycles. The average molecular weight is 216 g/mol. The van der Waals surface area contributed by atoms with Gasteiger partial charge in [0.05, 0.1) is 5.52 Å². The normalized spacial score (nSPS) is 16.4. The number of fused-ring (bicyclic) bond motifs is 1. The molecule has 2 N–H and O–H groups in total. The van der Waals surface area contributed by atoms with E-state index in [9.17, 15) is 4.79 Å². The summed E-state index contributed by atoms with van der Waals surface area (Å²) in [6, 6.07) is 5.79. The number of rotatable bonds is 1. The molecule has 0 saturated carbocycles. The standard InChI is InChI=1S/C12H12N2O2/c15-12-14-10-3-1-2-9(11(10)16-12)8-4-6-13-7-5-8/h1-4,13H,5-7H2,(H,14,15). The van der Waals surface area contributed by atoms with Gasteiger partial charge in [0.1, 0.15) is 0 Å². The molecule has 16 heavy (non-hydrogen) atoms. The maximum Gasteiger partial charge on any atom is 0.417 e. The van der Waals surface area contributed by atoms with Crippen molar-refractivity contribution in [2.45, 2.75) is 6.42 Å². The third-order valence-corrected chi connectivity index (χ3v) is 2.86. The molecule has 0 amide bonds. The molecule has 1 aliphatic rings. The van der Waals surface area contributed by atoms with Gasteiger partial charge in [-0.3, -0.25) is 4.98 Å². The van der Waals surface area contributed by atoms with Crippen molar-refractivity contribution in [3.05, 3.63) is 40.4 Å². The first-order chi connectivity index (χ1) is 7.84. The first-order valence-electron chi connectivity index (χ1n) is 5.36. The van der Waals surface area contributed by atoms with Gasteiger partial charge in [-0.15, -0.1) is 0 Å². The van der Waals surface area contributed by atoms with Gasteiger partial charge < -0.3 is 9.73 Å². The molecule has 4 heteroatoms. The molecule has 3 rings (SSSR count). The monoisotopic (exact) mass is 216 g/mol. The minimum absolute atomic E-state index is 0.392. The van der Waals surface area contributed by atoms with Crippen LogP contribution in [-0.2, 0) is 0 Å². The maximum atomic E-state index is 11.2. The molecule has 0 unspecified atom stereocenters. The van der Waals surface area contributed by atoms with Crippen LogP contribution in [0.4, 0.5) is 0 Å². The van der Waals surface area contributed by atoms with E-state index in [1.54, 1.807) is 0 Å². The zero-order chi connectivity index (χ0) is 11.0. The summed E-state index contributed by atoms with van der Waals surface area (Å²) in [4.78, 5) is 13.8. The lowest BCUT2D eigenvalue weighted by Crippen LogP contribution is -2.20. The Morgan fingerprint density at radius 3 is 3.06 bits per heavy atom. The van der Waals surface area contributed by atoms with Crippen LogP contribution >= 0.6 is 0 Å². The highest BCUT2D eigenvalue weighted by Crippen LogP contribution is 2.26. The summed E-state index contributed by atoms with van der Waals surface area (Å²) in [6.45, 7) is 1.84. The number of hydrogen-bond acceptors (Lipinski definition) is 3. The molecule has 4 nitrogen and oxygen atoms in total. The Bertz CT molecular complexity index is 607. The fourth-order valence-electron chi connectivity index (χ4n) is 2.09. The van der Waals surface area contributed by atoms with Crippen molar-refractivity contribution in [3.8, 4) is 0 Å². The Kier molecular flexibility index (Phi) is 2.15. The summed E-state index contributed by atoms with van der Waals surface area (Å²) in [7, 11) is 0. The van der Waals surface area contributed by atoms with Crippen LogP contribution < -0.4 is 11.1 Å². The van der Waals surface area contributed by atoms with E-state index in [1.807, 2.05) is 18.2 Å². The summed E-state index contributed by atoms with van der Waals surface area (Å²) < 4.78 is 5.18. The second-order valence-corrected chi connectivity index (χ2v) is 3.88. The average Bonchev–Trinajstić information content (AvgIpc) is 2.70. The number of benzene rings is 1. The highest BCUT2D eigenvalue weighted by Gasteiger charge is 2.12. The number of oxazole rings is 1. The van der Waals surface area contributed by atoms with Crippen LogP contribution in [0.3, 0.4) is 0 Å². The van der Waals surface area contributed by atoms with Crippen LogP contribution in [0.15, 0.2) is 33.5 Å². The second kappa shape index (κ2) is 3.64. The maximum absolute atomic E-state index is 11.2. The quantitative estimate of drug-likeness (QED) is 0.759. The fourth-order valence-corrected chi connectivity index (χ4v) is 2.09. The Hall–Kier alpha value is -1.81. The van der Waals surface area contributed by atoms with Crippen molar-refractivity contribution in [1.82, 2.24) is 10.3 Å². The second-order valence-electron chi connectivity index (χ2n) is 3.88. The molecule has 0 fully saturated rings. The smallest absolute Gasteiger partial charge is 0.407 e. The van der Waals surface area contributed by atoms with E-state index in [0.29, 0.717) is 5.58 Å². The van der Waals surface area contributed by atoms with E-state index in [2.05, 4.69) is 16.4 Å². The third kappa shape index (κ3) is 1.47. The van der Waals surface area contributed by atoms with E-state index in [1.165, 1.54) is 5.57 Å². The van der Waals surface area contributed by atoms with Crippen molar-refractivity contribution in [2.24, 2.45) is 0 Å². The molecule has 1 aromatic heterocycles. The van der Waals surface area contributed by atoms with Gasteiger partial charge in [0, 0.05) is 12.1 Å². The van der Waals surface area contributed by atoms with Gasteiger partial charge in [0.2, 0.25) is 0 Å². The Labute approximate surface area is 92.0 Å². The van der Waals surface area contributed by atoms with Gasteiger partial charge >= 0.3 is 5.76 Å². The molecule has 1 aromatic carbocycles. The zero-order valence-corrected chi connectivity index (χ0v) is 8.75. The van der Waals surface area contributed by atoms with Gasteiger partial charge in [-0.05, 0) is 24.6 Å². The van der Waals surface area contributed by atoms with E-state index in [-0.39, 0.29) is 0 Å². The van der Waals surface area contributed by atoms with E-state index < -0.39 is 5.76 Å². The summed E-state index contributed by atoms with van der Waals surface area (Å²) in [5, 5.41) is 3.26. The highest BCUT2D eigenvalue weighted by atomic mass is 16.4. The van der Waals surface area contributed by atoms with Gasteiger partial charge in [0.25, 0.3) is 0 Å². The highest BCUT2D eigenvalue weighted by molar-refractivity contribution is 5.87. The zero-order valence-electron chi connectivity index (χ0n) is 8.75. The Morgan fingerprint density at radius 2 is 2.25 bits per heavy atom. The number of aromatic amines is 1. The first-order valence-corrected chi connectivity index (χ1v) is 5.36. The molecule has 0 aliphatic carbocycles. The van der Waals surface area contributed by atoms with Crippen molar-refractivity contribution in [1.29, 1.82) is 0 Å². The van der Waals surface area contributed by atoms with Crippen molar-refractivity contribution in [2.75, 3.05) is 13.1 Å². The molecule has 0 bridgehead atoms. The summed E-state index contributed by atoms with van der Waals surface area (Å²) in [5.41, 5.74) is 3.70. The number of hydrogen-bond donors (Lipinski definition) is 2. The van der Waals surface area contributed by atoms with Crippen molar-refractivity contribution < 1.29 is 4.42 Å². The van der Waals surface area contributed by atoms with Crippen LogP contribution in [0.1, 0.15) is 12.0 Å². The Morgan fingerprint density at radius 1 is 1.31 bits per heavy atom. The summed E-state index contributed by atoms with van der Waals surface area (Å²) in [6.07, 6.45) is 3.11. The van der Waals surface area contributed by atoms with Gasteiger partial charge in [0.15, 0.2) is 5.58 Å². The van der Waals surface area contributed by atoms with Crippen molar-refractivity contribution in [3.63, 3.8) is 0 Å². The van der Waals surface area contributed by atoms with Gasteiger partial charge in [-0.1, -0.05) is 18.2 Å². The number of aromatic nitrogens is 1. The predicted molar refractivity (Wildman–Crippen MR) is 62.3 cm³/mol.